The van der Waals surface area contributed by atoms with Gasteiger partial charge in [0, 0.05) is 11.4 Å². The van der Waals surface area contributed by atoms with E-state index in [4.69, 9.17) is 4.74 Å². The van der Waals surface area contributed by atoms with Gasteiger partial charge >= 0.3 is 5.97 Å². The first-order valence-electron chi connectivity index (χ1n) is 7.59. The van der Waals surface area contributed by atoms with E-state index >= 15 is 0 Å². The summed E-state index contributed by atoms with van der Waals surface area (Å²) < 4.78 is 20.6. The highest BCUT2D eigenvalue weighted by molar-refractivity contribution is 7.90. The fourth-order valence-corrected chi connectivity index (χ4v) is 2.96. The lowest BCUT2D eigenvalue weighted by atomic mass is 9.88. The summed E-state index contributed by atoms with van der Waals surface area (Å²) in [5.41, 5.74) is -0.343. The van der Waals surface area contributed by atoms with E-state index in [0.29, 0.717) is 6.42 Å². The van der Waals surface area contributed by atoms with Gasteiger partial charge in [0.05, 0.1) is 6.10 Å². The molecule has 0 bridgehead atoms. The van der Waals surface area contributed by atoms with Crippen LogP contribution in [0.4, 0.5) is 0 Å². The third kappa shape index (κ3) is 4.48. The van der Waals surface area contributed by atoms with Gasteiger partial charge in [0.2, 0.25) is 0 Å². The van der Waals surface area contributed by atoms with Crippen molar-refractivity contribution < 1.29 is 14.1 Å². The quantitative estimate of drug-likeness (QED) is 0.644. The molecule has 22 heavy (non-hydrogen) atoms. The molecule has 0 heterocycles. The van der Waals surface area contributed by atoms with E-state index in [1.165, 1.54) is 0 Å². The maximum atomic E-state index is 12.8. The Morgan fingerprint density at radius 1 is 1.27 bits per heavy atom. The summed E-state index contributed by atoms with van der Waals surface area (Å²) in [4.78, 5) is 12.8. The van der Waals surface area contributed by atoms with E-state index in [0.717, 1.165) is 5.56 Å². The molecule has 0 radical (unpaired) electrons. The van der Waals surface area contributed by atoms with Gasteiger partial charge in [-0.25, -0.2) is 4.79 Å². The second-order valence-corrected chi connectivity index (χ2v) is 8.53. The van der Waals surface area contributed by atoms with Gasteiger partial charge in [-0.2, -0.15) is 0 Å². The number of hydrogen-bond acceptors (Lipinski definition) is 4. The fourth-order valence-electron chi connectivity index (χ4n) is 1.99. The molecule has 2 unspecified atom stereocenters. The van der Waals surface area contributed by atoms with E-state index in [2.05, 4.69) is 4.72 Å². The van der Waals surface area contributed by atoms with Gasteiger partial charge in [-0.05, 0) is 46.6 Å². The minimum atomic E-state index is -1.39. The average molecular weight is 325 g/mol. The molecule has 0 aliphatic rings. The van der Waals surface area contributed by atoms with Crippen molar-refractivity contribution in [3.05, 3.63) is 35.9 Å². The van der Waals surface area contributed by atoms with Gasteiger partial charge in [0.25, 0.3) is 0 Å². The molecule has 1 aromatic rings. The van der Waals surface area contributed by atoms with E-state index in [-0.39, 0.29) is 6.10 Å². The van der Waals surface area contributed by atoms with Crippen LogP contribution in [0.25, 0.3) is 0 Å². The summed E-state index contributed by atoms with van der Waals surface area (Å²) in [7, 11) is 0. The second-order valence-electron chi connectivity index (χ2n) is 6.56. The summed E-state index contributed by atoms with van der Waals surface area (Å²) in [6, 6.07) is 9.34. The molecule has 124 valence electrons. The summed E-state index contributed by atoms with van der Waals surface area (Å²) in [6.07, 6.45) is 0.219. The maximum Gasteiger partial charge on any atom is 0.335 e. The van der Waals surface area contributed by atoms with Crippen molar-refractivity contribution in [2.75, 3.05) is 0 Å². The van der Waals surface area contributed by atoms with Crippen molar-refractivity contribution in [3.8, 4) is 0 Å². The molecule has 0 saturated heterocycles. The van der Waals surface area contributed by atoms with Gasteiger partial charge in [-0.15, -0.1) is 4.72 Å². The van der Waals surface area contributed by atoms with Gasteiger partial charge in [-0.1, -0.05) is 37.3 Å². The number of ether oxygens (including phenoxy) is 1. The van der Waals surface area contributed by atoms with Crippen molar-refractivity contribution >= 4 is 17.3 Å². The normalized spacial score (nSPS) is 16.2. The molecule has 0 aromatic heterocycles. The molecule has 1 rings (SSSR count). The van der Waals surface area contributed by atoms with Crippen LogP contribution in [-0.4, -0.2) is 21.4 Å². The largest absolute Gasteiger partial charge is 0.598 e. The molecule has 0 amide bonds. The van der Waals surface area contributed by atoms with Crippen molar-refractivity contribution in [1.82, 2.24) is 4.72 Å². The lowest BCUT2D eigenvalue weighted by molar-refractivity contribution is -0.155. The van der Waals surface area contributed by atoms with Crippen LogP contribution in [0.3, 0.4) is 0 Å². The first-order valence-corrected chi connectivity index (χ1v) is 8.74. The standard InChI is InChI=1S/C17H27NO3S/c1-7-17(15(19)21-13(2)3,14-11-9-8-10-12-14)18-22(20)16(4,5)6/h8-13,18H,7H2,1-6H3. The number of nitrogens with one attached hydrogen (secondary N) is 1. The Morgan fingerprint density at radius 3 is 2.23 bits per heavy atom. The molecule has 5 heteroatoms. The topological polar surface area (TPSA) is 61.4 Å². The summed E-state index contributed by atoms with van der Waals surface area (Å²) in [6.45, 7) is 11.1. The van der Waals surface area contributed by atoms with E-state index < -0.39 is 27.6 Å². The van der Waals surface area contributed by atoms with Crippen LogP contribution in [0.15, 0.2) is 30.3 Å². The van der Waals surface area contributed by atoms with E-state index in [9.17, 15) is 9.35 Å². The first kappa shape index (κ1) is 19.0. The Morgan fingerprint density at radius 2 is 1.82 bits per heavy atom. The predicted octanol–water partition coefficient (Wildman–Crippen LogP) is 3.30. The number of esters is 1. The van der Waals surface area contributed by atoms with Crippen LogP contribution >= 0.6 is 0 Å². The van der Waals surface area contributed by atoms with Crippen LogP contribution < -0.4 is 4.72 Å². The van der Waals surface area contributed by atoms with Gasteiger partial charge in [0.1, 0.15) is 4.75 Å². The lowest BCUT2D eigenvalue weighted by Gasteiger charge is -2.35. The maximum absolute atomic E-state index is 12.8. The molecule has 0 aliphatic carbocycles. The van der Waals surface area contributed by atoms with Crippen LogP contribution in [0.2, 0.25) is 0 Å². The zero-order valence-corrected chi connectivity index (χ0v) is 15.1. The highest BCUT2D eigenvalue weighted by Crippen LogP contribution is 2.30. The number of rotatable bonds is 6. The monoisotopic (exact) mass is 325 g/mol. The van der Waals surface area contributed by atoms with Gasteiger partial charge in [0.15, 0.2) is 5.54 Å². The lowest BCUT2D eigenvalue weighted by Crippen LogP contribution is -2.56. The van der Waals surface area contributed by atoms with Crippen molar-refractivity contribution in [2.24, 2.45) is 0 Å². The zero-order chi connectivity index (χ0) is 17.0. The Balaban J connectivity index is 3.27. The molecular formula is C17H27NO3S. The van der Waals surface area contributed by atoms with Crippen molar-refractivity contribution in [1.29, 1.82) is 0 Å². The highest BCUT2D eigenvalue weighted by atomic mass is 32.2. The second kappa shape index (κ2) is 7.49. The SMILES string of the molecule is CCC(N[S+]([O-])C(C)(C)C)(C(=O)OC(C)C)c1ccccc1. The summed E-state index contributed by atoms with van der Waals surface area (Å²) in [5.74, 6) is -0.395. The predicted molar refractivity (Wildman–Crippen MR) is 90.7 cm³/mol. The minimum absolute atomic E-state index is 0.230. The van der Waals surface area contributed by atoms with Crippen molar-refractivity contribution in [3.63, 3.8) is 0 Å². The molecule has 2 atom stereocenters. The number of carbonyl (C=O) groups excluding carboxylic acids is 1. The molecule has 0 fully saturated rings. The van der Waals surface area contributed by atoms with Crippen LogP contribution in [-0.2, 0) is 26.4 Å². The number of hydrogen-bond donors (Lipinski definition) is 1. The Bertz CT molecular complexity index is 484. The Kier molecular flexibility index (Phi) is 6.47. The molecule has 1 aromatic carbocycles. The molecule has 0 saturated carbocycles. The van der Waals surface area contributed by atoms with E-state index in [1.807, 2.05) is 71.9 Å². The molecular weight excluding hydrogens is 298 g/mol. The van der Waals surface area contributed by atoms with Crippen LogP contribution in [0.5, 0.6) is 0 Å². The molecule has 1 N–H and O–H groups in total. The van der Waals surface area contributed by atoms with Crippen molar-refractivity contribution in [2.45, 2.75) is 64.4 Å². The smallest absolute Gasteiger partial charge is 0.335 e. The number of carbonyl (C=O) groups is 1. The third-order valence-corrected chi connectivity index (χ3v) is 4.96. The first-order chi connectivity index (χ1) is 10.1. The minimum Gasteiger partial charge on any atom is -0.598 e. The zero-order valence-electron chi connectivity index (χ0n) is 14.3. The summed E-state index contributed by atoms with van der Waals surface area (Å²) in [5, 5.41) is 0. The third-order valence-electron chi connectivity index (χ3n) is 3.31. The average Bonchev–Trinajstić information content (AvgIpc) is 2.43. The Labute approximate surface area is 137 Å². The molecule has 0 spiro atoms. The fraction of sp³-hybridized carbons (Fsp3) is 0.588. The van der Waals surface area contributed by atoms with Gasteiger partial charge in [-0.3, -0.25) is 0 Å². The molecule has 0 aliphatic heterocycles. The summed E-state index contributed by atoms with van der Waals surface area (Å²) >= 11 is -1.39. The van der Waals surface area contributed by atoms with Crippen LogP contribution in [0.1, 0.15) is 53.5 Å². The highest BCUT2D eigenvalue weighted by Gasteiger charge is 2.47. The number of benzene rings is 1. The van der Waals surface area contributed by atoms with E-state index in [1.54, 1.807) is 0 Å². The van der Waals surface area contributed by atoms with Crippen LogP contribution in [0, 0.1) is 0 Å². The molecule has 4 nitrogen and oxygen atoms in total. The van der Waals surface area contributed by atoms with Gasteiger partial charge < -0.3 is 9.29 Å². The Hall–Kier alpha value is -1.04.